The first-order chi connectivity index (χ1) is 27.7. The second kappa shape index (κ2) is 41.1. The molecule has 0 aliphatic carbocycles. The van der Waals surface area contributed by atoms with E-state index in [9.17, 15) is 19.0 Å². The minimum Gasteiger partial charge on any atom is -0.462 e. The van der Waals surface area contributed by atoms with E-state index in [2.05, 4.69) is 105 Å². The quantitative estimate of drug-likeness (QED) is 0.0282. The van der Waals surface area contributed by atoms with Gasteiger partial charge in [0.1, 0.15) is 6.61 Å². The molecule has 0 spiro atoms. The van der Waals surface area contributed by atoms with E-state index >= 15 is 0 Å². The summed E-state index contributed by atoms with van der Waals surface area (Å²) in [5.41, 5.74) is 0. The molecule has 324 valence electrons. The van der Waals surface area contributed by atoms with Gasteiger partial charge < -0.3 is 19.3 Å². The zero-order valence-electron chi connectivity index (χ0n) is 36.0. The van der Waals surface area contributed by atoms with Gasteiger partial charge in [0, 0.05) is 19.4 Å². The van der Waals surface area contributed by atoms with Gasteiger partial charge in [-0.25, -0.2) is 4.57 Å². The van der Waals surface area contributed by atoms with Crippen LogP contribution in [-0.4, -0.2) is 68.3 Å². The Morgan fingerprint density at radius 3 is 1.49 bits per heavy atom. The number of hydrogen-bond acceptors (Lipinski definition) is 8. The number of hydrogen-bond donors (Lipinski definition) is 1. The van der Waals surface area contributed by atoms with E-state index < -0.39 is 32.5 Å². The van der Waals surface area contributed by atoms with Crippen molar-refractivity contribution in [1.82, 2.24) is 4.90 Å². The summed E-state index contributed by atoms with van der Waals surface area (Å²) < 4.78 is 33.3. The molecule has 0 rings (SSSR count). The van der Waals surface area contributed by atoms with Gasteiger partial charge in [-0.1, -0.05) is 143 Å². The van der Waals surface area contributed by atoms with Gasteiger partial charge in [-0.05, 0) is 97.6 Å². The standard InChI is InChI=1S/C47H78NO8P/c1-5-7-9-11-13-15-17-19-21-23-25-27-29-31-33-35-37-39-46(49)53-43-45(44-55-57(51,52)54-42-41-48(3)4)56-47(50)40-38-36-34-32-30-28-26-24-22-20-18-16-14-12-10-8-6-2/h8,10,14,16,19-22,25-28,31-34,45H,5-7,9,11-13,15,17-18,23-24,29-30,35-44H2,1-4H3,(H,51,52)/b10-8-,16-14-,21-19-,22-20-,27-25-,28-26-,33-31-,34-32-. The highest BCUT2D eigenvalue weighted by Gasteiger charge is 2.26. The minimum absolute atomic E-state index is 0.0164. The van der Waals surface area contributed by atoms with E-state index in [0.29, 0.717) is 25.8 Å². The lowest BCUT2D eigenvalue weighted by Gasteiger charge is -2.20. The Labute approximate surface area is 347 Å². The highest BCUT2D eigenvalue weighted by atomic mass is 31.2. The smallest absolute Gasteiger partial charge is 0.462 e. The summed E-state index contributed by atoms with van der Waals surface area (Å²) in [7, 11) is -0.775. The van der Waals surface area contributed by atoms with E-state index in [4.69, 9.17) is 18.5 Å². The topological polar surface area (TPSA) is 112 Å². The molecule has 0 amide bonds. The molecular weight excluding hydrogens is 737 g/mol. The van der Waals surface area contributed by atoms with Crippen LogP contribution >= 0.6 is 7.82 Å². The summed E-state index contributed by atoms with van der Waals surface area (Å²) in [4.78, 5) is 37.0. The van der Waals surface area contributed by atoms with Crippen molar-refractivity contribution in [3.05, 3.63) is 97.2 Å². The molecule has 1 N–H and O–H groups in total. The first kappa shape index (κ1) is 53.9. The van der Waals surface area contributed by atoms with Gasteiger partial charge in [-0.3, -0.25) is 18.6 Å². The van der Waals surface area contributed by atoms with Crippen LogP contribution in [0.2, 0.25) is 0 Å². The fourth-order valence-corrected chi connectivity index (χ4v) is 5.83. The number of rotatable bonds is 38. The molecule has 0 radical (unpaired) electrons. The molecule has 0 aliphatic heterocycles. The van der Waals surface area contributed by atoms with E-state index in [-0.39, 0.29) is 26.1 Å². The first-order valence-electron chi connectivity index (χ1n) is 21.5. The van der Waals surface area contributed by atoms with Gasteiger partial charge in [-0.2, -0.15) is 0 Å². The van der Waals surface area contributed by atoms with Crippen LogP contribution in [0.15, 0.2) is 97.2 Å². The molecule has 0 aromatic rings. The van der Waals surface area contributed by atoms with Crippen LogP contribution in [0, 0.1) is 0 Å². The van der Waals surface area contributed by atoms with Crippen molar-refractivity contribution in [2.24, 2.45) is 0 Å². The van der Waals surface area contributed by atoms with Gasteiger partial charge in [0.05, 0.1) is 13.2 Å². The molecule has 0 fully saturated rings. The molecule has 10 heteroatoms. The van der Waals surface area contributed by atoms with Crippen LogP contribution < -0.4 is 0 Å². The van der Waals surface area contributed by atoms with Crippen molar-refractivity contribution in [3.63, 3.8) is 0 Å². The van der Waals surface area contributed by atoms with E-state index in [1.165, 1.54) is 38.5 Å². The number of carbonyl (C=O) groups excluding carboxylic acids is 2. The van der Waals surface area contributed by atoms with Crippen molar-refractivity contribution in [2.45, 2.75) is 148 Å². The predicted octanol–water partition coefficient (Wildman–Crippen LogP) is 12.4. The Kier molecular flexibility index (Phi) is 38.9. The number of allylic oxidation sites excluding steroid dienone is 16. The average Bonchev–Trinajstić information content (AvgIpc) is 3.18. The third-order valence-electron chi connectivity index (χ3n) is 8.37. The molecule has 0 aromatic carbocycles. The third kappa shape index (κ3) is 42.4. The van der Waals surface area contributed by atoms with Crippen molar-refractivity contribution in [3.8, 4) is 0 Å². The van der Waals surface area contributed by atoms with E-state index in [0.717, 1.165) is 57.8 Å². The number of phosphoric ester groups is 1. The van der Waals surface area contributed by atoms with Crippen LogP contribution in [0.1, 0.15) is 142 Å². The Morgan fingerprint density at radius 1 is 0.561 bits per heavy atom. The second-order valence-corrected chi connectivity index (χ2v) is 15.6. The second-order valence-electron chi connectivity index (χ2n) is 14.1. The number of unbranched alkanes of at least 4 members (excludes halogenated alkanes) is 8. The van der Waals surface area contributed by atoms with Gasteiger partial charge in [0.25, 0.3) is 0 Å². The molecule has 2 atom stereocenters. The predicted molar refractivity (Wildman–Crippen MR) is 238 cm³/mol. The number of phosphoric acid groups is 1. The van der Waals surface area contributed by atoms with Gasteiger partial charge >= 0.3 is 19.8 Å². The fraction of sp³-hybridized carbons (Fsp3) is 0.617. The minimum atomic E-state index is -4.39. The Hall–Kier alpha value is -3.07. The molecule has 2 unspecified atom stereocenters. The molecule has 9 nitrogen and oxygen atoms in total. The van der Waals surface area contributed by atoms with Crippen LogP contribution in [0.25, 0.3) is 0 Å². The average molecular weight is 816 g/mol. The van der Waals surface area contributed by atoms with Crippen LogP contribution in [0.4, 0.5) is 0 Å². The fourth-order valence-electron chi connectivity index (χ4n) is 5.09. The molecule has 0 heterocycles. The lowest BCUT2D eigenvalue weighted by molar-refractivity contribution is -0.161. The SMILES string of the molecule is CC/C=C\C/C=C\C/C=C\C/C=C\C/C=C\CCCC(=O)OC(COC(=O)CCC/C=C\C/C=C\C/C=C\CCCCCCCC)COP(=O)(O)OCCN(C)C. The van der Waals surface area contributed by atoms with Crippen molar-refractivity contribution >= 4 is 19.8 Å². The van der Waals surface area contributed by atoms with E-state index in [1.54, 1.807) is 4.90 Å². The summed E-state index contributed by atoms with van der Waals surface area (Å²) in [6.45, 7) is 4.05. The lowest BCUT2D eigenvalue weighted by atomic mass is 10.1. The summed E-state index contributed by atoms with van der Waals surface area (Å²) in [6.07, 6.45) is 51.9. The van der Waals surface area contributed by atoms with Crippen molar-refractivity contribution < 1.29 is 37.6 Å². The zero-order valence-corrected chi connectivity index (χ0v) is 36.9. The van der Waals surface area contributed by atoms with Gasteiger partial charge in [0.2, 0.25) is 0 Å². The number of carbonyl (C=O) groups is 2. The zero-order chi connectivity index (χ0) is 41.9. The molecule has 0 bridgehead atoms. The van der Waals surface area contributed by atoms with Crippen molar-refractivity contribution in [1.29, 1.82) is 0 Å². The van der Waals surface area contributed by atoms with Crippen LogP contribution in [-0.2, 0) is 32.7 Å². The van der Waals surface area contributed by atoms with Gasteiger partial charge in [-0.15, -0.1) is 0 Å². The van der Waals surface area contributed by atoms with Crippen LogP contribution in [0.5, 0.6) is 0 Å². The maximum Gasteiger partial charge on any atom is 0.472 e. The number of likely N-dealkylation sites (N-methyl/N-ethyl adjacent to an activating group) is 1. The number of esters is 2. The largest absolute Gasteiger partial charge is 0.472 e. The van der Waals surface area contributed by atoms with E-state index in [1.807, 2.05) is 20.2 Å². The normalized spacial score (nSPS) is 14.4. The molecule has 0 saturated heterocycles. The lowest BCUT2D eigenvalue weighted by Crippen LogP contribution is -2.29. The number of nitrogens with zero attached hydrogens (tertiary/aromatic N) is 1. The highest BCUT2D eigenvalue weighted by Crippen LogP contribution is 2.43. The Morgan fingerprint density at radius 2 is 1.00 bits per heavy atom. The highest BCUT2D eigenvalue weighted by molar-refractivity contribution is 7.47. The summed E-state index contributed by atoms with van der Waals surface area (Å²) in [5, 5.41) is 0. The maximum absolute atomic E-state index is 12.6. The molecule has 0 aliphatic rings. The molecule has 0 aromatic heterocycles. The first-order valence-corrected chi connectivity index (χ1v) is 23.0. The molecule has 57 heavy (non-hydrogen) atoms. The summed E-state index contributed by atoms with van der Waals surface area (Å²) in [5.74, 6) is -0.943. The van der Waals surface area contributed by atoms with Crippen molar-refractivity contribution in [2.75, 3.05) is 40.5 Å². The Balaban J connectivity index is 4.51. The molecular formula is C47H78NO8P. The Bertz CT molecular complexity index is 1260. The summed E-state index contributed by atoms with van der Waals surface area (Å²) in [6, 6.07) is 0. The molecule has 0 saturated carbocycles. The van der Waals surface area contributed by atoms with Crippen LogP contribution in [0.3, 0.4) is 0 Å². The maximum atomic E-state index is 12.6. The summed E-state index contributed by atoms with van der Waals surface area (Å²) >= 11 is 0. The number of ether oxygens (including phenoxy) is 2. The monoisotopic (exact) mass is 816 g/mol. The van der Waals surface area contributed by atoms with Gasteiger partial charge in [0.15, 0.2) is 6.10 Å². The third-order valence-corrected chi connectivity index (χ3v) is 9.36.